The Morgan fingerprint density at radius 1 is 1.17 bits per heavy atom. The largest absolute Gasteiger partial charge is 0.392 e. The van der Waals surface area contributed by atoms with Crippen molar-refractivity contribution in [1.29, 1.82) is 0 Å². The van der Waals surface area contributed by atoms with Gasteiger partial charge in [-0.25, -0.2) is 13.4 Å². The fourth-order valence-electron chi connectivity index (χ4n) is 6.46. The molecule has 0 radical (unpaired) electrons. The molecular formula is C27H27N9O4S. The van der Waals surface area contributed by atoms with E-state index in [1.165, 1.54) is 10.8 Å². The van der Waals surface area contributed by atoms with Crippen molar-refractivity contribution >= 4 is 38.1 Å². The van der Waals surface area contributed by atoms with Gasteiger partial charge in [-0.15, -0.1) is 10.2 Å². The van der Waals surface area contributed by atoms with E-state index in [0.29, 0.717) is 29.7 Å². The average molecular weight is 574 g/mol. The van der Waals surface area contributed by atoms with Crippen LogP contribution in [-0.2, 0) is 16.4 Å². The van der Waals surface area contributed by atoms with Gasteiger partial charge in [0.1, 0.15) is 17.0 Å². The number of aromatic nitrogens is 7. The van der Waals surface area contributed by atoms with Crippen LogP contribution >= 0.6 is 0 Å². The van der Waals surface area contributed by atoms with Gasteiger partial charge in [-0.1, -0.05) is 12.1 Å². The van der Waals surface area contributed by atoms with E-state index < -0.39 is 9.84 Å². The van der Waals surface area contributed by atoms with Crippen LogP contribution in [0.15, 0.2) is 47.9 Å². The van der Waals surface area contributed by atoms with Crippen LogP contribution in [0.5, 0.6) is 0 Å². The SMILES string of the molecule is CS(=O)(=O)c1c([C@@H]2C[C@H]3CC[C@@H](C2)N3C(=O)c2nnc[nH]2)nc2c(-c3cnc4cc(CO)ccc4c3)cnn2c1N. The number of aromatic amines is 1. The van der Waals surface area contributed by atoms with Crippen molar-refractivity contribution in [2.24, 2.45) is 0 Å². The molecule has 0 unspecified atom stereocenters. The zero-order chi connectivity index (χ0) is 28.5. The molecule has 0 aliphatic carbocycles. The third-order valence-corrected chi connectivity index (χ3v) is 9.41. The zero-order valence-corrected chi connectivity index (χ0v) is 22.9. The molecule has 2 bridgehead atoms. The maximum atomic E-state index is 13.1. The number of hydrogen-bond acceptors (Lipinski definition) is 10. The lowest BCUT2D eigenvalue weighted by Crippen LogP contribution is -2.46. The molecule has 2 aliphatic rings. The molecule has 2 saturated heterocycles. The lowest BCUT2D eigenvalue weighted by molar-refractivity contribution is 0.0556. The quantitative estimate of drug-likeness (QED) is 0.281. The minimum absolute atomic E-state index is 0.00704. The molecule has 2 fully saturated rings. The van der Waals surface area contributed by atoms with Gasteiger partial charge in [0.25, 0.3) is 5.91 Å². The number of nitrogens with two attached hydrogens (primary N) is 1. The molecule has 6 heterocycles. The van der Waals surface area contributed by atoms with Crippen molar-refractivity contribution in [2.45, 2.75) is 55.2 Å². The number of benzene rings is 1. The normalized spacial score (nSPS) is 20.7. The Bertz CT molecular complexity index is 1920. The number of nitrogen functional groups attached to an aromatic ring is 1. The second kappa shape index (κ2) is 9.31. The van der Waals surface area contributed by atoms with Crippen molar-refractivity contribution in [3.8, 4) is 11.1 Å². The summed E-state index contributed by atoms with van der Waals surface area (Å²) in [6, 6.07) is 7.35. The van der Waals surface area contributed by atoms with Gasteiger partial charge in [-0.2, -0.15) is 9.61 Å². The Morgan fingerprint density at radius 2 is 1.95 bits per heavy atom. The van der Waals surface area contributed by atoms with Crippen LogP contribution in [0.1, 0.15) is 53.5 Å². The third kappa shape index (κ3) is 4.13. The number of hydrogen-bond donors (Lipinski definition) is 3. The molecule has 14 heteroatoms. The predicted octanol–water partition coefficient (Wildman–Crippen LogP) is 2.09. The van der Waals surface area contributed by atoms with E-state index in [9.17, 15) is 18.3 Å². The molecule has 1 aromatic carbocycles. The molecule has 0 spiro atoms. The van der Waals surface area contributed by atoms with E-state index in [4.69, 9.17) is 10.7 Å². The zero-order valence-electron chi connectivity index (χ0n) is 22.1. The van der Waals surface area contributed by atoms with Crippen molar-refractivity contribution in [1.82, 2.24) is 39.7 Å². The minimum atomic E-state index is -3.76. The second-order valence-corrected chi connectivity index (χ2v) is 12.7. The summed E-state index contributed by atoms with van der Waals surface area (Å²) in [6.45, 7) is -0.0725. The molecular weight excluding hydrogens is 546 g/mol. The Labute approximate surface area is 234 Å². The summed E-state index contributed by atoms with van der Waals surface area (Å²) in [5.74, 6) is -0.223. The highest BCUT2D eigenvalue weighted by molar-refractivity contribution is 7.91. The van der Waals surface area contributed by atoms with Gasteiger partial charge >= 0.3 is 0 Å². The first-order chi connectivity index (χ1) is 19.7. The van der Waals surface area contributed by atoms with Gasteiger partial charge in [0, 0.05) is 47.0 Å². The third-order valence-electron chi connectivity index (χ3n) is 8.25. The first kappa shape index (κ1) is 25.5. The fourth-order valence-corrected chi connectivity index (χ4v) is 7.51. The van der Waals surface area contributed by atoms with Gasteiger partial charge in [0.2, 0.25) is 5.82 Å². The Balaban J connectivity index is 1.32. The molecule has 13 nitrogen and oxygen atoms in total. The highest BCUT2D eigenvalue weighted by atomic mass is 32.2. The van der Waals surface area contributed by atoms with Crippen molar-refractivity contribution in [3.05, 3.63) is 60.1 Å². The first-order valence-corrected chi connectivity index (χ1v) is 15.2. The van der Waals surface area contributed by atoms with E-state index in [1.807, 2.05) is 29.2 Å². The van der Waals surface area contributed by atoms with Crippen LogP contribution < -0.4 is 5.73 Å². The Kier molecular flexibility index (Phi) is 5.80. The molecule has 4 aromatic heterocycles. The smallest absolute Gasteiger partial charge is 0.292 e. The average Bonchev–Trinajstić information content (AvgIpc) is 3.70. The molecule has 4 N–H and O–H groups in total. The molecule has 7 rings (SSSR count). The summed E-state index contributed by atoms with van der Waals surface area (Å²) in [7, 11) is -3.76. The van der Waals surface area contributed by atoms with Crippen LogP contribution in [0.2, 0.25) is 0 Å². The fraction of sp³-hybridized carbons (Fsp3) is 0.333. The van der Waals surface area contributed by atoms with E-state index >= 15 is 0 Å². The highest BCUT2D eigenvalue weighted by Crippen LogP contribution is 2.45. The summed E-state index contributed by atoms with van der Waals surface area (Å²) in [5.41, 5.74) is 10.3. The molecule has 41 heavy (non-hydrogen) atoms. The minimum Gasteiger partial charge on any atom is -0.392 e. The van der Waals surface area contributed by atoms with Gasteiger partial charge in [-0.3, -0.25) is 9.78 Å². The number of pyridine rings is 1. The van der Waals surface area contributed by atoms with Crippen LogP contribution in [0.3, 0.4) is 0 Å². The number of aliphatic hydroxyl groups is 1. The predicted molar refractivity (Wildman–Crippen MR) is 149 cm³/mol. The number of fused-ring (bicyclic) bond motifs is 4. The summed E-state index contributed by atoms with van der Waals surface area (Å²) in [4.78, 5) is 27.3. The molecule has 0 saturated carbocycles. The number of nitrogens with zero attached hydrogens (tertiary/aromatic N) is 7. The number of carbonyl (C=O) groups is 1. The van der Waals surface area contributed by atoms with Crippen LogP contribution in [-0.4, -0.2) is 77.4 Å². The number of anilines is 1. The molecule has 210 valence electrons. The molecule has 1 amide bonds. The highest BCUT2D eigenvalue weighted by Gasteiger charge is 2.46. The first-order valence-electron chi connectivity index (χ1n) is 13.3. The van der Waals surface area contributed by atoms with Gasteiger partial charge in [0.15, 0.2) is 15.5 Å². The number of piperidine rings is 1. The second-order valence-electron chi connectivity index (χ2n) is 10.8. The summed E-state index contributed by atoms with van der Waals surface area (Å²) >= 11 is 0. The number of carbonyl (C=O) groups excluding carboxylic acids is 1. The summed E-state index contributed by atoms with van der Waals surface area (Å²) in [6.07, 6.45) is 8.55. The number of aliphatic hydroxyl groups excluding tert-OH is 1. The van der Waals surface area contributed by atoms with E-state index in [2.05, 4.69) is 25.3 Å². The summed E-state index contributed by atoms with van der Waals surface area (Å²) in [5, 5.41) is 22.4. The lowest BCUT2D eigenvalue weighted by Gasteiger charge is -2.38. The number of rotatable bonds is 5. The van der Waals surface area contributed by atoms with E-state index in [-0.39, 0.29) is 47.1 Å². The molecule has 2 aliphatic heterocycles. The van der Waals surface area contributed by atoms with Gasteiger partial charge in [0.05, 0.1) is 24.0 Å². The topological polar surface area (TPSA) is 185 Å². The van der Waals surface area contributed by atoms with Crippen molar-refractivity contribution in [2.75, 3.05) is 12.0 Å². The summed E-state index contributed by atoms with van der Waals surface area (Å²) < 4.78 is 27.5. The molecule has 5 aromatic rings. The van der Waals surface area contributed by atoms with Gasteiger partial charge in [-0.05, 0) is 43.4 Å². The van der Waals surface area contributed by atoms with Crippen LogP contribution in [0.4, 0.5) is 5.82 Å². The Morgan fingerprint density at radius 3 is 2.63 bits per heavy atom. The maximum absolute atomic E-state index is 13.1. The van der Waals surface area contributed by atoms with Crippen molar-refractivity contribution < 1.29 is 18.3 Å². The standard InChI is InChI=1S/C27H27N9O4S/c1-41(39,40)23-22(16-8-18-4-5-19(9-16)35(18)27(38)25-30-13-31-34-25)33-26-20(11-32-36(26)24(23)28)17-7-15-3-2-14(12-37)6-21(15)29-10-17/h2-3,6-7,10-11,13,16,18-19,37H,4-5,8-9,12,28H2,1H3,(H,30,31,34)/t16-,18-,19+. The maximum Gasteiger partial charge on any atom is 0.292 e. The van der Waals surface area contributed by atoms with Crippen molar-refractivity contribution in [3.63, 3.8) is 0 Å². The number of amides is 1. The van der Waals surface area contributed by atoms with E-state index in [1.54, 1.807) is 12.4 Å². The van der Waals surface area contributed by atoms with Crippen LogP contribution in [0, 0.1) is 0 Å². The molecule has 3 atom stereocenters. The van der Waals surface area contributed by atoms with Crippen LogP contribution in [0.25, 0.3) is 27.7 Å². The number of nitrogens with one attached hydrogen (secondary N) is 1. The number of sulfone groups is 1. The Hall–Kier alpha value is -4.43. The van der Waals surface area contributed by atoms with Gasteiger partial charge < -0.3 is 20.7 Å². The number of H-pyrrole nitrogens is 1. The monoisotopic (exact) mass is 573 g/mol. The lowest BCUT2D eigenvalue weighted by atomic mass is 9.87. The van der Waals surface area contributed by atoms with E-state index in [0.717, 1.165) is 41.1 Å².